The largest absolute Gasteiger partial charge is 0.493 e. The third-order valence-corrected chi connectivity index (χ3v) is 3.56. The highest BCUT2D eigenvalue weighted by Crippen LogP contribution is 2.38. The van der Waals surface area contributed by atoms with Crippen molar-refractivity contribution in [2.75, 3.05) is 45.6 Å². The van der Waals surface area contributed by atoms with Gasteiger partial charge in [0.1, 0.15) is 0 Å². The lowest BCUT2D eigenvalue weighted by molar-refractivity contribution is 0.102. The van der Waals surface area contributed by atoms with Crippen LogP contribution in [0.1, 0.15) is 10.4 Å². The van der Waals surface area contributed by atoms with Crippen molar-refractivity contribution in [1.82, 2.24) is 0 Å². The number of rotatable bonds is 6. The molecule has 0 heterocycles. The molecule has 0 unspecified atom stereocenters. The van der Waals surface area contributed by atoms with Crippen LogP contribution >= 0.6 is 0 Å². The number of hydrogen-bond acceptors (Lipinski definition) is 5. The zero-order valence-corrected chi connectivity index (χ0v) is 14.5. The van der Waals surface area contributed by atoms with Gasteiger partial charge in [0.25, 0.3) is 5.91 Å². The van der Waals surface area contributed by atoms with Gasteiger partial charge in [0.2, 0.25) is 5.75 Å². The van der Waals surface area contributed by atoms with Crippen LogP contribution in [0.25, 0.3) is 0 Å². The van der Waals surface area contributed by atoms with Crippen LogP contribution in [-0.2, 0) is 0 Å². The molecule has 2 aromatic rings. The monoisotopic (exact) mass is 330 g/mol. The molecule has 0 radical (unpaired) electrons. The normalized spacial score (nSPS) is 10.0. The van der Waals surface area contributed by atoms with Crippen LogP contribution in [-0.4, -0.2) is 41.3 Å². The molecule has 1 N–H and O–H groups in total. The number of para-hydroxylation sites is 2. The summed E-state index contributed by atoms with van der Waals surface area (Å²) in [5, 5.41) is 2.92. The molecule has 1 amide bonds. The molecule has 128 valence electrons. The minimum absolute atomic E-state index is 0.261. The first-order valence-electron chi connectivity index (χ1n) is 7.39. The van der Waals surface area contributed by atoms with Crippen molar-refractivity contribution in [2.24, 2.45) is 0 Å². The first-order chi connectivity index (χ1) is 11.5. The lowest BCUT2D eigenvalue weighted by Gasteiger charge is -2.18. The van der Waals surface area contributed by atoms with Gasteiger partial charge in [-0.15, -0.1) is 0 Å². The Kier molecular flexibility index (Phi) is 5.52. The second kappa shape index (κ2) is 7.59. The van der Waals surface area contributed by atoms with E-state index in [1.807, 2.05) is 43.3 Å². The van der Waals surface area contributed by atoms with E-state index in [1.54, 1.807) is 12.1 Å². The van der Waals surface area contributed by atoms with Gasteiger partial charge in [0.05, 0.1) is 32.7 Å². The smallest absolute Gasteiger partial charge is 0.255 e. The topological polar surface area (TPSA) is 60.0 Å². The third kappa shape index (κ3) is 3.53. The van der Waals surface area contributed by atoms with Crippen molar-refractivity contribution in [1.29, 1.82) is 0 Å². The quantitative estimate of drug-likeness (QED) is 0.882. The van der Waals surface area contributed by atoms with Gasteiger partial charge < -0.3 is 24.4 Å². The molecule has 0 saturated heterocycles. The first kappa shape index (κ1) is 17.5. The molecule has 2 rings (SSSR count). The van der Waals surface area contributed by atoms with Gasteiger partial charge >= 0.3 is 0 Å². The Hall–Kier alpha value is -2.89. The summed E-state index contributed by atoms with van der Waals surface area (Å²) in [5.74, 6) is 1.06. The Balaban J connectivity index is 2.37. The zero-order chi connectivity index (χ0) is 17.7. The number of carbonyl (C=O) groups is 1. The van der Waals surface area contributed by atoms with Crippen molar-refractivity contribution < 1.29 is 19.0 Å². The van der Waals surface area contributed by atoms with Crippen molar-refractivity contribution in [2.45, 2.75) is 0 Å². The average Bonchev–Trinajstić information content (AvgIpc) is 2.60. The fraction of sp³-hybridized carbons (Fsp3) is 0.278. The van der Waals surface area contributed by atoms with Gasteiger partial charge in [0.15, 0.2) is 11.5 Å². The van der Waals surface area contributed by atoms with Gasteiger partial charge in [-0.1, -0.05) is 12.1 Å². The molecule has 0 fully saturated rings. The number of ether oxygens (including phenoxy) is 3. The molecule has 0 aliphatic rings. The summed E-state index contributed by atoms with van der Waals surface area (Å²) in [5.41, 5.74) is 2.05. The van der Waals surface area contributed by atoms with Gasteiger partial charge in [0, 0.05) is 19.7 Å². The summed E-state index contributed by atoms with van der Waals surface area (Å²) in [6, 6.07) is 10.8. The Bertz CT molecular complexity index is 704. The summed E-state index contributed by atoms with van der Waals surface area (Å²) in [6.07, 6.45) is 0. The van der Waals surface area contributed by atoms with E-state index in [0.29, 0.717) is 22.8 Å². The predicted octanol–water partition coefficient (Wildman–Crippen LogP) is 3.03. The maximum Gasteiger partial charge on any atom is 0.255 e. The Morgan fingerprint density at radius 3 is 2.04 bits per heavy atom. The van der Waals surface area contributed by atoms with E-state index < -0.39 is 0 Å². The van der Waals surface area contributed by atoms with Crippen LogP contribution in [0, 0.1) is 0 Å². The third-order valence-electron chi connectivity index (χ3n) is 3.56. The van der Waals surface area contributed by atoms with E-state index in [1.165, 1.54) is 21.3 Å². The Morgan fingerprint density at radius 2 is 1.54 bits per heavy atom. The van der Waals surface area contributed by atoms with Crippen molar-refractivity contribution in [3.05, 3.63) is 42.0 Å². The summed E-state index contributed by atoms with van der Waals surface area (Å²) < 4.78 is 15.9. The van der Waals surface area contributed by atoms with Crippen LogP contribution < -0.4 is 24.4 Å². The molecule has 0 saturated carbocycles. The second-order valence-electron chi connectivity index (χ2n) is 5.28. The van der Waals surface area contributed by atoms with Crippen LogP contribution in [0.3, 0.4) is 0 Å². The minimum atomic E-state index is -0.261. The van der Waals surface area contributed by atoms with Crippen LogP contribution in [0.15, 0.2) is 36.4 Å². The fourth-order valence-electron chi connectivity index (χ4n) is 2.38. The van der Waals surface area contributed by atoms with Crippen LogP contribution in [0.4, 0.5) is 11.4 Å². The zero-order valence-electron chi connectivity index (χ0n) is 14.5. The molecular formula is C18H22N2O4. The number of anilines is 2. The van der Waals surface area contributed by atoms with Gasteiger partial charge in [-0.25, -0.2) is 0 Å². The summed E-state index contributed by atoms with van der Waals surface area (Å²) in [7, 11) is 8.39. The highest BCUT2D eigenvalue weighted by Gasteiger charge is 2.18. The molecule has 0 spiro atoms. The molecule has 2 aromatic carbocycles. The number of nitrogens with one attached hydrogen (secondary N) is 1. The van der Waals surface area contributed by atoms with Gasteiger partial charge in [-0.05, 0) is 24.3 Å². The molecular weight excluding hydrogens is 308 g/mol. The first-order valence-corrected chi connectivity index (χ1v) is 7.39. The van der Waals surface area contributed by atoms with E-state index in [9.17, 15) is 4.79 Å². The van der Waals surface area contributed by atoms with Crippen molar-refractivity contribution in [3.8, 4) is 17.2 Å². The van der Waals surface area contributed by atoms with E-state index in [0.717, 1.165) is 11.4 Å². The van der Waals surface area contributed by atoms with Gasteiger partial charge in [-0.2, -0.15) is 0 Å². The molecule has 24 heavy (non-hydrogen) atoms. The number of hydrogen-bond donors (Lipinski definition) is 1. The molecule has 0 aliphatic carbocycles. The highest BCUT2D eigenvalue weighted by atomic mass is 16.5. The summed E-state index contributed by atoms with van der Waals surface area (Å²) in [4.78, 5) is 14.6. The lowest BCUT2D eigenvalue weighted by Crippen LogP contribution is -2.17. The van der Waals surface area contributed by atoms with E-state index in [4.69, 9.17) is 14.2 Å². The number of nitrogens with zero attached hydrogens (tertiary/aromatic N) is 1. The van der Waals surface area contributed by atoms with Crippen LogP contribution in [0.5, 0.6) is 17.2 Å². The predicted molar refractivity (Wildman–Crippen MR) is 94.8 cm³/mol. The molecule has 0 aromatic heterocycles. The summed E-state index contributed by atoms with van der Waals surface area (Å²) >= 11 is 0. The fourth-order valence-corrected chi connectivity index (χ4v) is 2.38. The van der Waals surface area contributed by atoms with E-state index >= 15 is 0 Å². The van der Waals surface area contributed by atoms with Crippen molar-refractivity contribution >= 4 is 17.3 Å². The minimum Gasteiger partial charge on any atom is -0.493 e. The molecule has 0 atom stereocenters. The maximum atomic E-state index is 12.6. The SMILES string of the molecule is COc1cc(C(=O)Nc2ccccc2N(C)C)cc(OC)c1OC. The molecule has 6 heteroatoms. The van der Waals surface area contributed by atoms with Gasteiger partial charge in [-0.3, -0.25) is 4.79 Å². The van der Waals surface area contributed by atoms with Crippen molar-refractivity contribution in [3.63, 3.8) is 0 Å². The Morgan fingerprint density at radius 1 is 0.958 bits per heavy atom. The number of carbonyl (C=O) groups excluding carboxylic acids is 1. The number of methoxy groups -OCH3 is 3. The number of amides is 1. The molecule has 0 bridgehead atoms. The highest BCUT2D eigenvalue weighted by molar-refractivity contribution is 6.06. The second-order valence-corrected chi connectivity index (χ2v) is 5.28. The molecule has 0 aliphatic heterocycles. The number of benzene rings is 2. The van der Waals surface area contributed by atoms with Crippen LogP contribution in [0.2, 0.25) is 0 Å². The summed E-state index contributed by atoms with van der Waals surface area (Å²) in [6.45, 7) is 0. The Labute approximate surface area is 141 Å². The van der Waals surface area contributed by atoms with E-state index in [2.05, 4.69) is 5.32 Å². The van der Waals surface area contributed by atoms with E-state index in [-0.39, 0.29) is 5.91 Å². The maximum absolute atomic E-state index is 12.6. The standard InChI is InChI=1S/C18H22N2O4/c1-20(2)14-9-7-6-8-13(14)19-18(21)12-10-15(22-3)17(24-5)16(11-12)23-4/h6-11H,1-5H3,(H,19,21). The average molecular weight is 330 g/mol. The lowest BCUT2D eigenvalue weighted by atomic mass is 10.1. The molecule has 6 nitrogen and oxygen atoms in total.